The van der Waals surface area contributed by atoms with Crippen LogP contribution in [0.2, 0.25) is 0 Å². The topological polar surface area (TPSA) is 20.3 Å². The van der Waals surface area contributed by atoms with E-state index < -0.39 is 0 Å². The summed E-state index contributed by atoms with van der Waals surface area (Å²) in [5.74, 6) is 1.14. The number of carbonyl (C=O) groups excluding carboxylic acids is 1. The molecule has 1 saturated carbocycles. The Labute approximate surface area is 113 Å². The fourth-order valence-corrected chi connectivity index (χ4v) is 3.26. The molecule has 0 spiro atoms. The summed E-state index contributed by atoms with van der Waals surface area (Å²) in [7, 11) is 2.00. The summed E-state index contributed by atoms with van der Waals surface area (Å²) in [5, 5.41) is 0. The molecule has 2 atom stereocenters. The Morgan fingerprint density at radius 2 is 1.94 bits per heavy atom. The number of nitrogens with zero attached hydrogens (tertiary/aromatic N) is 1. The van der Waals surface area contributed by atoms with Crippen LogP contribution >= 0.6 is 0 Å². The molecule has 1 amide bonds. The van der Waals surface area contributed by atoms with Crippen molar-refractivity contribution < 1.29 is 4.79 Å². The minimum absolute atomic E-state index is 0.332. The lowest BCUT2D eigenvalue weighted by atomic mass is 9.76. The second kappa shape index (κ2) is 6.58. The molecule has 2 nitrogen and oxygen atoms in total. The second-order valence-electron chi connectivity index (χ2n) is 7.21. The van der Waals surface area contributed by atoms with Crippen molar-refractivity contribution in [1.82, 2.24) is 4.90 Å². The Hall–Kier alpha value is -0.530. The van der Waals surface area contributed by atoms with Crippen LogP contribution < -0.4 is 0 Å². The van der Waals surface area contributed by atoms with Gasteiger partial charge in [0.1, 0.15) is 0 Å². The maximum Gasteiger partial charge on any atom is 0.222 e. The smallest absolute Gasteiger partial charge is 0.222 e. The molecule has 0 aromatic carbocycles. The van der Waals surface area contributed by atoms with Gasteiger partial charge in [-0.2, -0.15) is 0 Å². The van der Waals surface area contributed by atoms with Crippen LogP contribution in [-0.4, -0.2) is 23.9 Å². The Balaban J connectivity index is 2.50. The predicted molar refractivity (Wildman–Crippen MR) is 77.5 cm³/mol. The number of carbonyl (C=O) groups is 1. The van der Waals surface area contributed by atoms with Crippen molar-refractivity contribution in [3.63, 3.8) is 0 Å². The Kier molecular flexibility index (Phi) is 5.68. The van der Waals surface area contributed by atoms with E-state index in [-0.39, 0.29) is 0 Å². The molecule has 106 valence electrons. The third-order valence-corrected chi connectivity index (χ3v) is 4.06. The first-order valence-corrected chi connectivity index (χ1v) is 7.59. The average Bonchev–Trinajstić information content (AvgIpc) is 2.26. The van der Waals surface area contributed by atoms with Crippen molar-refractivity contribution >= 4 is 5.91 Å². The summed E-state index contributed by atoms with van der Waals surface area (Å²) < 4.78 is 0. The van der Waals surface area contributed by atoms with Gasteiger partial charge in [-0.15, -0.1) is 0 Å². The van der Waals surface area contributed by atoms with Gasteiger partial charge in [-0.25, -0.2) is 0 Å². The van der Waals surface area contributed by atoms with Gasteiger partial charge in [0.2, 0.25) is 5.91 Å². The first-order chi connectivity index (χ1) is 8.33. The minimum atomic E-state index is 0.332. The molecule has 1 aliphatic carbocycles. The first kappa shape index (κ1) is 15.5. The molecule has 2 heteroatoms. The third-order valence-electron chi connectivity index (χ3n) is 4.06. The van der Waals surface area contributed by atoms with Crippen molar-refractivity contribution in [2.24, 2.45) is 11.3 Å². The van der Waals surface area contributed by atoms with Crippen molar-refractivity contribution in [2.45, 2.75) is 78.7 Å². The molecule has 1 rings (SSSR count). The molecular formula is C16H31NO. The van der Waals surface area contributed by atoms with Crippen molar-refractivity contribution in [3.05, 3.63) is 0 Å². The fraction of sp³-hybridized carbons (Fsp3) is 0.938. The van der Waals surface area contributed by atoms with Gasteiger partial charge in [0.15, 0.2) is 0 Å². The third kappa shape index (κ3) is 4.99. The van der Waals surface area contributed by atoms with Gasteiger partial charge >= 0.3 is 0 Å². The van der Waals surface area contributed by atoms with Crippen LogP contribution in [0.4, 0.5) is 0 Å². The molecule has 0 bridgehead atoms. The van der Waals surface area contributed by atoms with Gasteiger partial charge in [-0.3, -0.25) is 4.79 Å². The summed E-state index contributed by atoms with van der Waals surface area (Å²) in [6.07, 6.45) is 8.01. The second-order valence-corrected chi connectivity index (χ2v) is 7.21. The number of amides is 1. The van der Waals surface area contributed by atoms with E-state index >= 15 is 0 Å². The van der Waals surface area contributed by atoms with Crippen molar-refractivity contribution in [2.75, 3.05) is 7.05 Å². The number of rotatable bonds is 4. The van der Waals surface area contributed by atoms with E-state index in [9.17, 15) is 4.79 Å². The minimum Gasteiger partial charge on any atom is -0.343 e. The number of hydrogen-bond donors (Lipinski definition) is 0. The lowest BCUT2D eigenvalue weighted by Gasteiger charge is -2.37. The van der Waals surface area contributed by atoms with Gasteiger partial charge in [0.05, 0.1) is 0 Å². The van der Waals surface area contributed by atoms with Crippen molar-refractivity contribution in [3.8, 4) is 0 Å². The Morgan fingerprint density at radius 3 is 2.50 bits per heavy atom. The molecule has 18 heavy (non-hydrogen) atoms. The number of hydrogen-bond acceptors (Lipinski definition) is 1. The molecule has 0 aromatic rings. The van der Waals surface area contributed by atoms with Gasteiger partial charge in [0, 0.05) is 19.5 Å². The lowest BCUT2D eigenvalue weighted by molar-refractivity contribution is -0.132. The van der Waals surface area contributed by atoms with E-state index in [4.69, 9.17) is 0 Å². The highest BCUT2D eigenvalue weighted by atomic mass is 16.2. The van der Waals surface area contributed by atoms with Gasteiger partial charge in [-0.1, -0.05) is 40.5 Å². The summed E-state index contributed by atoms with van der Waals surface area (Å²) in [6.45, 7) is 9.04. The van der Waals surface area contributed by atoms with E-state index in [0.29, 0.717) is 23.8 Å². The van der Waals surface area contributed by atoms with E-state index in [0.717, 1.165) is 12.3 Å². The van der Waals surface area contributed by atoms with Crippen LogP contribution in [0.5, 0.6) is 0 Å². The highest BCUT2D eigenvalue weighted by Crippen LogP contribution is 2.35. The van der Waals surface area contributed by atoms with Crippen LogP contribution in [0.3, 0.4) is 0 Å². The van der Waals surface area contributed by atoms with Gasteiger partial charge < -0.3 is 4.90 Å². The largest absolute Gasteiger partial charge is 0.343 e. The normalized spacial score (nSPS) is 24.9. The van der Waals surface area contributed by atoms with E-state index in [1.165, 1.54) is 32.1 Å². The van der Waals surface area contributed by atoms with E-state index in [2.05, 4.69) is 27.7 Å². The Bertz CT molecular complexity index is 267. The van der Waals surface area contributed by atoms with Crippen molar-refractivity contribution in [1.29, 1.82) is 0 Å². The molecule has 0 aliphatic heterocycles. The molecule has 1 fully saturated rings. The van der Waals surface area contributed by atoms with Crippen LogP contribution in [0.1, 0.15) is 72.6 Å². The standard InChI is InChI=1S/C16H31NO/c1-6-8-15(18)17(5)14-10-7-9-13(11-14)12-16(2,3)4/h13-14H,6-12H2,1-5H3. The highest BCUT2D eigenvalue weighted by Gasteiger charge is 2.29. The molecule has 1 aliphatic rings. The summed E-state index contributed by atoms with van der Waals surface area (Å²) >= 11 is 0. The van der Waals surface area contributed by atoms with E-state index in [1.807, 2.05) is 11.9 Å². The predicted octanol–water partition coefficient (Wildman–Crippen LogP) is 4.24. The van der Waals surface area contributed by atoms with Gasteiger partial charge in [0.25, 0.3) is 0 Å². The monoisotopic (exact) mass is 253 g/mol. The molecule has 0 N–H and O–H groups in total. The molecule has 0 heterocycles. The highest BCUT2D eigenvalue weighted by molar-refractivity contribution is 5.76. The summed E-state index contributed by atoms with van der Waals surface area (Å²) in [4.78, 5) is 14.0. The lowest BCUT2D eigenvalue weighted by Crippen LogP contribution is -2.40. The van der Waals surface area contributed by atoms with Gasteiger partial charge in [-0.05, 0) is 37.0 Å². The Morgan fingerprint density at radius 1 is 1.28 bits per heavy atom. The maximum atomic E-state index is 12.0. The van der Waals surface area contributed by atoms with Crippen LogP contribution in [0.25, 0.3) is 0 Å². The average molecular weight is 253 g/mol. The summed E-state index contributed by atoms with van der Waals surface area (Å²) in [6, 6.07) is 0.491. The fourth-order valence-electron chi connectivity index (χ4n) is 3.26. The first-order valence-electron chi connectivity index (χ1n) is 7.59. The molecule has 0 saturated heterocycles. The van der Waals surface area contributed by atoms with Crippen LogP contribution in [0.15, 0.2) is 0 Å². The van der Waals surface area contributed by atoms with E-state index in [1.54, 1.807) is 0 Å². The SMILES string of the molecule is CCCC(=O)N(C)C1CCCC(CC(C)(C)C)C1. The molecule has 0 radical (unpaired) electrons. The zero-order valence-corrected chi connectivity index (χ0v) is 13.0. The molecular weight excluding hydrogens is 222 g/mol. The maximum absolute atomic E-state index is 12.0. The summed E-state index contributed by atoms with van der Waals surface area (Å²) in [5.41, 5.74) is 0.415. The van der Waals surface area contributed by atoms with Crippen LogP contribution in [0, 0.1) is 11.3 Å². The zero-order chi connectivity index (χ0) is 13.8. The molecule has 2 unspecified atom stereocenters. The zero-order valence-electron chi connectivity index (χ0n) is 13.0. The molecule has 0 aromatic heterocycles. The van der Waals surface area contributed by atoms with Crippen LogP contribution in [-0.2, 0) is 4.79 Å². The quantitative estimate of drug-likeness (QED) is 0.734.